The van der Waals surface area contributed by atoms with Crippen LogP contribution in [-0.4, -0.2) is 17.1 Å². The van der Waals surface area contributed by atoms with Crippen molar-refractivity contribution >= 4 is 34.2 Å². The summed E-state index contributed by atoms with van der Waals surface area (Å²) in [6.45, 7) is 4.15. The molecule has 0 aliphatic carbocycles. The third-order valence-corrected chi connectivity index (χ3v) is 5.71. The van der Waals surface area contributed by atoms with Crippen LogP contribution in [0.4, 0.5) is 0 Å². The van der Waals surface area contributed by atoms with Crippen molar-refractivity contribution in [2.45, 2.75) is 20.5 Å². The number of hydrogen-bond acceptors (Lipinski definition) is 5. The molecule has 0 saturated carbocycles. The Morgan fingerprint density at radius 1 is 1.07 bits per heavy atom. The zero-order valence-electron chi connectivity index (χ0n) is 16.8. The van der Waals surface area contributed by atoms with E-state index < -0.39 is 0 Å². The average molecular weight is 416 g/mol. The molecule has 150 valence electrons. The number of amides is 1. The Hall–Kier alpha value is -3.51. The first-order chi connectivity index (χ1) is 14.6. The second-order valence-electron chi connectivity index (χ2n) is 6.82. The summed E-state index contributed by atoms with van der Waals surface area (Å²) in [6, 6.07) is 22.0. The summed E-state index contributed by atoms with van der Waals surface area (Å²) >= 11 is 1.36. The highest BCUT2D eigenvalue weighted by Gasteiger charge is 2.13. The van der Waals surface area contributed by atoms with Crippen molar-refractivity contribution in [1.29, 1.82) is 0 Å². The normalized spacial score (nSPS) is 11.1. The van der Waals surface area contributed by atoms with Crippen LogP contribution in [0.2, 0.25) is 0 Å². The van der Waals surface area contributed by atoms with Gasteiger partial charge in [-0.15, -0.1) is 11.3 Å². The first-order valence-corrected chi connectivity index (χ1v) is 10.4. The number of carbonyl (C=O) groups is 1. The lowest BCUT2D eigenvalue weighted by atomic mass is 10.0. The van der Waals surface area contributed by atoms with E-state index in [2.05, 4.69) is 15.5 Å². The second kappa shape index (κ2) is 8.88. The van der Waals surface area contributed by atoms with Crippen LogP contribution >= 0.6 is 11.3 Å². The lowest BCUT2D eigenvalue weighted by molar-refractivity contribution is 0.0958. The third-order valence-electron chi connectivity index (χ3n) is 4.64. The van der Waals surface area contributed by atoms with Gasteiger partial charge in [-0.05, 0) is 36.2 Å². The van der Waals surface area contributed by atoms with E-state index in [9.17, 15) is 4.79 Å². The maximum atomic E-state index is 12.4. The van der Waals surface area contributed by atoms with Crippen molar-refractivity contribution in [3.63, 3.8) is 0 Å². The van der Waals surface area contributed by atoms with Gasteiger partial charge in [-0.3, -0.25) is 4.79 Å². The Labute approximate surface area is 179 Å². The predicted molar refractivity (Wildman–Crippen MR) is 121 cm³/mol. The quantitative estimate of drug-likeness (QED) is 0.345. The number of nitrogens with zero attached hydrogens (tertiary/aromatic N) is 2. The molecule has 5 nitrogen and oxygen atoms in total. The first kappa shape index (κ1) is 19.8. The summed E-state index contributed by atoms with van der Waals surface area (Å²) in [4.78, 5) is 17.3. The maximum absolute atomic E-state index is 12.4. The smallest absolute Gasteiger partial charge is 0.283 e. The van der Waals surface area contributed by atoms with Crippen molar-refractivity contribution in [2.24, 2.45) is 5.10 Å². The number of benzene rings is 3. The van der Waals surface area contributed by atoms with E-state index in [1.807, 2.05) is 80.6 Å². The number of ether oxygens (including phenoxy) is 1. The molecule has 1 amide bonds. The largest absolute Gasteiger partial charge is 0.488 e. The Morgan fingerprint density at radius 2 is 1.83 bits per heavy atom. The highest BCUT2D eigenvalue weighted by Crippen LogP contribution is 2.27. The molecule has 1 N–H and O–H groups in total. The van der Waals surface area contributed by atoms with Gasteiger partial charge in [0.1, 0.15) is 17.2 Å². The predicted octanol–water partition coefficient (Wildman–Crippen LogP) is 5.26. The number of rotatable bonds is 6. The van der Waals surface area contributed by atoms with Gasteiger partial charge in [-0.2, -0.15) is 5.10 Å². The highest BCUT2D eigenvalue weighted by molar-refractivity contribution is 7.13. The number of carbonyl (C=O) groups excluding carboxylic acids is 1. The zero-order valence-corrected chi connectivity index (χ0v) is 17.6. The molecule has 3 aromatic carbocycles. The fourth-order valence-corrected chi connectivity index (χ4v) is 4.03. The minimum Gasteiger partial charge on any atom is -0.488 e. The van der Waals surface area contributed by atoms with Crippen LogP contribution in [0.25, 0.3) is 10.8 Å². The number of hydrogen-bond donors (Lipinski definition) is 1. The highest BCUT2D eigenvalue weighted by atomic mass is 32.1. The Morgan fingerprint density at radius 3 is 2.60 bits per heavy atom. The van der Waals surface area contributed by atoms with Crippen LogP contribution in [-0.2, 0) is 6.61 Å². The average Bonchev–Trinajstić information content (AvgIpc) is 3.11. The van der Waals surface area contributed by atoms with E-state index in [1.54, 1.807) is 6.21 Å². The first-order valence-electron chi connectivity index (χ1n) is 9.58. The maximum Gasteiger partial charge on any atom is 0.283 e. The summed E-state index contributed by atoms with van der Waals surface area (Å²) in [6.07, 6.45) is 1.64. The molecule has 30 heavy (non-hydrogen) atoms. The molecular formula is C24H21N3O2S. The monoisotopic (exact) mass is 415 g/mol. The second-order valence-corrected chi connectivity index (χ2v) is 8.02. The Balaban J connectivity index is 1.59. The van der Waals surface area contributed by atoms with Gasteiger partial charge in [0, 0.05) is 5.56 Å². The van der Waals surface area contributed by atoms with E-state index in [4.69, 9.17) is 4.74 Å². The summed E-state index contributed by atoms with van der Waals surface area (Å²) in [5.74, 6) is 0.446. The van der Waals surface area contributed by atoms with Crippen molar-refractivity contribution in [3.05, 3.63) is 93.4 Å². The number of nitrogens with one attached hydrogen (secondary N) is 1. The summed E-state index contributed by atoms with van der Waals surface area (Å²) < 4.78 is 6.08. The van der Waals surface area contributed by atoms with Crippen LogP contribution in [0.15, 0.2) is 71.8 Å². The van der Waals surface area contributed by atoms with Crippen molar-refractivity contribution in [2.75, 3.05) is 0 Å². The van der Waals surface area contributed by atoms with Crippen LogP contribution in [0.5, 0.6) is 5.75 Å². The molecule has 0 radical (unpaired) electrons. The summed E-state index contributed by atoms with van der Waals surface area (Å²) in [7, 11) is 0. The fraction of sp³-hybridized carbons (Fsp3) is 0.125. The molecule has 0 aliphatic heterocycles. The Bertz CT molecular complexity index is 1220. The van der Waals surface area contributed by atoms with E-state index in [0.717, 1.165) is 26.9 Å². The van der Waals surface area contributed by atoms with Crippen LogP contribution in [0.3, 0.4) is 0 Å². The van der Waals surface area contributed by atoms with Gasteiger partial charge in [0.05, 0.1) is 16.9 Å². The van der Waals surface area contributed by atoms with Crippen molar-refractivity contribution < 1.29 is 9.53 Å². The molecule has 0 atom stereocenters. The molecule has 0 unspecified atom stereocenters. The van der Waals surface area contributed by atoms with E-state index in [0.29, 0.717) is 22.9 Å². The van der Waals surface area contributed by atoms with Crippen LogP contribution < -0.4 is 10.2 Å². The lowest BCUT2D eigenvalue weighted by Gasteiger charge is -2.12. The number of aromatic nitrogens is 1. The standard InChI is InChI=1S/C24H21N3O2S/c1-16-23(30-17(2)26-16)24(28)27-25-14-21-20-11-7-6-10-19(20)12-13-22(21)29-15-18-8-4-3-5-9-18/h3-14H,15H2,1-2H3,(H,27,28)/b25-14+. The number of hydrazone groups is 1. The fourth-order valence-electron chi connectivity index (χ4n) is 3.22. The minimum atomic E-state index is -0.263. The molecule has 0 spiro atoms. The molecule has 1 aromatic heterocycles. The van der Waals surface area contributed by atoms with Gasteiger partial charge in [0.25, 0.3) is 5.91 Å². The molecule has 4 aromatic rings. The number of aryl methyl sites for hydroxylation is 2. The van der Waals surface area contributed by atoms with Crippen LogP contribution in [0, 0.1) is 13.8 Å². The van der Waals surface area contributed by atoms with Crippen LogP contribution in [0.1, 0.15) is 31.5 Å². The van der Waals surface area contributed by atoms with Gasteiger partial charge in [-0.25, -0.2) is 10.4 Å². The lowest BCUT2D eigenvalue weighted by Crippen LogP contribution is -2.17. The minimum absolute atomic E-state index is 0.263. The molecule has 1 heterocycles. The Kier molecular flexibility index (Phi) is 5.86. The molecular weight excluding hydrogens is 394 g/mol. The van der Waals surface area contributed by atoms with Gasteiger partial charge in [0.2, 0.25) is 0 Å². The molecule has 0 aliphatic rings. The van der Waals surface area contributed by atoms with Gasteiger partial charge in [-0.1, -0.05) is 60.7 Å². The van der Waals surface area contributed by atoms with Crippen molar-refractivity contribution in [3.8, 4) is 5.75 Å². The number of fused-ring (bicyclic) bond motifs is 1. The molecule has 4 rings (SSSR count). The van der Waals surface area contributed by atoms with Gasteiger partial charge >= 0.3 is 0 Å². The summed E-state index contributed by atoms with van der Waals surface area (Å²) in [5, 5.41) is 7.14. The third kappa shape index (κ3) is 4.39. The van der Waals surface area contributed by atoms with Gasteiger partial charge < -0.3 is 4.74 Å². The zero-order chi connectivity index (χ0) is 20.9. The van der Waals surface area contributed by atoms with Crippen molar-refractivity contribution in [1.82, 2.24) is 10.4 Å². The molecule has 6 heteroatoms. The molecule has 0 saturated heterocycles. The molecule has 0 bridgehead atoms. The number of thiazole rings is 1. The van der Waals surface area contributed by atoms with Gasteiger partial charge in [0.15, 0.2) is 0 Å². The SMILES string of the molecule is Cc1nc(C)c(C(=O)N/N=C/c2c(OCc3ccccc3)ccc3ccccc23)s1. The molecule has 0 fully saturated rings. The topological polar surface area (TPSA) is 63.6 Å². The summed E-state index contributed by atoms with van der Waals surface area (Å²) in [5.41, 5.74) is 5.23. The van der Waals surface area contributed by atoms with E-state index in [1.165, 1.54) is 11.3 Å². The van der Waals surface area contributed by atoms with E-state index >= 15 is 0 Å². The van der Waals surface area contributed by atoms with E-state index in [-0.39, 0.29) is 5.91 Å².